The number of rotatable bonds is 9. The fourth-order valence-corrected chi connectivity index (χ4v) is 2.85. The van der Waals surface area contributed by atoms with Crippen LogP contribution in [0.3, 0.4) is 0 Å². The summed E-state index contributed by atoms with van der Waals surface area (Å²) in [6, 6.07) is 8.99. The van der Waals surface area contributed by atoms with Crippen molar-refractivity contribution in [2.75, 3.05) is 25.1 Å². The maximum Gasteiger partial charge on any atom is 0.0613 e. The van der Waals surface area contributed by atoms with Crippen molar-refractivity contribution < 1.29 is 5.11 Å². The highest BCUT2D eigenvalue weighted by atomic mass is 16.3. The van der Waals surface area contributed by atoms with Crippen molar-refractivity contribution in [3.05, 3.63) is 29.8 Å². The van der Waals surface area contributed by atoms with Gasteiger partial charge in [0.05, 0.1) is 6.61 Å². The zero-order valence-corrected chi connectivity index (χ0v) is 14.3. The van der Waals surface area contributed by atoms with E-state index in [4.69, 9.17) is 0 Å². The van der Waals surface area contributed by atoms with Gasteiger partial charge in [0.2, 0.25) is 0 Å². The monoisotopic (exact) mass is 292 g/mol. The van der Waals surface area contributed by atoms with Gasteiger partial charge in [0.15, 0.2) is 0 Å². The highest BCUT2D eigenvalue weighted by Crippen LogP contribution is 2.20. The van der Waals surface area contributed by atoms with Crippen molar-refractivity contribution in [3.63, 3.8) is 0 Å². The Bertz CT molecular complexity index is 413. The minimum atomic E-state index is -0.137. The Morgan fingerprint density at radius 2 is 2.05 bits per heavy atom. The van der Waals surface area contributed by atoms with Crippen LogP contribution in [0.5, 0.6) is 0 Å². The van der Waals surface area contributed by atoms with Crippen LogP contribution in [0, 0.1) is 6.92 Å². The highest BCUT2D eigenvalue weighted by molar-refractivity contribution is 5.47. The lowest BCUT2D eigenvalue weighted by Gasteiger charge is -2.35. The van der Waals surface area contributed by atoms with E-state index in [1.807, 2.05) is 0 Å². The van der Waals surface area contributed by atoms with E-state index in [-0.39, 0.29) is 12.1 Å². The molecule has 1 rings (SSSR count). The third-order valence-corrected chi connectivity index (χ3v) is 4.17. The molecule has 0 bridgehead atoms. The van der Waals surface area contributed by atoms with Crippen molar-refractivity contribution in [1.82, 2.24) is 5.32 Å². The molecule has 1 unspecified atom stereocenters. The average Bonchev–Trinajstić information content (AvgIpc) is 2.45. The number of hydrogen-bond acceptors (Lipinski definition) is 3. The molecule has 2 N–H and O–H groups in total. The summed E-state index contributed by atoms with van der Waals surface area (Å²) in [4.78, 5) is 2.29. The first-order chi connectivity index (χ1) is 9.92. The zero-order chi connectivity index (χ0) is 15.9. The smallest absolute Gasteiger partial charge is 0.0613 e. The summed E-state index contributed by atoms with van der Waals surface area (Å²) in [6.07, 6.45) is 3.02. The fourth-order valence-electron chi connectivity index (χ4n) is 2.85. The van der Waals surface area contributed by atoms with Gasteiger partial charge in [-0.1, -0.05) is 32.9 Å². The van der Waals surface area contributed by atoms with Crippen molar-refractivity contribution in [2.45, 2.75) is 58.5 Å². The molecule has 0 aromatic heterocycles. The van der Waals surface area contributed by atoms with Gasteiger partial charge >= 0.3 is 0 Å². The zero-order valence-electron chi connectivity index (χ0n) is 14.3. The Morgan fingerprint density at radius 3 is 2.57 bits per heavy atom. The average molecular weight is 292 g/mol. The lowest BCUT2D eigenvalue weighted by atomic mass is 9.90. The molecule has 0 fully saturated rings. The lowest BCUT2D eigenvalue weighted by molar-refractivity contribution is 0.136. The molecular weight excluding hydrogens is 260 g/mol. The van der Waals surface area contributed by atoms with E-state index in [9.17, 15) is 5.11 Å². The lowest BCUT2D eigenvalue weighted by Crippen LogP contribution is -2.51. The molecule has 0 saturated carbocycles. The first-order valence-electron chi connectivity index (χ1n) is 8.09. The van der Waals surface area contributed by atoms with Crippen LogP contribution in [0.15, 0.2) is 24.3 Å². The summed E-state index contributed by atoms with van der Waals surface area (Å²) in [5, 5.41) is 13.3. The minimum Gasteiger partial charge on any atom is -0.394 e. The van der Waals surface area contributed by atoms with Crippen LogP contribution in [-0.4, -0.2) is 36.9 Å². The molecule has 21 heavy (non-hydrogen) atoms. The summed E-state index contributed by atoms with van der Waals surface area (Å²) in [5.41, 5.74) is 2.42. The third kappa shape index (κ3) is 5.68. The summed E-state index contributed by atoms with van der Waals surface area (Å²) in [7, 11) is 2.14. The van der Waals surface area contributed by atoms with E-state index in [0.29, 0.717) is 6.04 Å². The Hall–Kier alpha value is -1.06. The van der Waals surface area contributed by atoms with E-state index in [1.165, 1.54) is 11.3 Å². The second-order valence-corrected chi connectivity index (χ2v) is 6.46. The Labute approximate surface area is 130 Å². The predicted molar refractivity (Wildman–Crippen MR) is 92.1 cm³/mol. The maximum absolute atomic E-state index is 9.77. The maximum atomic E-state index is 9.77. The standard InChI is InChI=1S/C18H32N2O/c1-6-18(14-21,19-15(2)3)11-8-12-20(5)17-10-7-9-16(4)13-17/h7,9-10,13,15,19,21H,6,8,11-12,14H2,1-5H3. The van der Waals surface area contributed by atoms with Crippen LogP contribution < -0.4 is 10.2 Å². The summed E-state index contributed by atoms with van der Waals surface area (Å²) >= 11 is 0. The van der Waals surface area contributed by atoms with Crippen LogP contribution in [0.2, 0.25) is 0 Å². The molecule has 1 aromatic rings. The molecule has 0 amide bonds. The Balaban J connectivity index is 2.53. The molecule has 0 aliphatic carbocycles. The quantitative estimate of drug-likeness (QED) is 0.732. The molecule has 1 atom stereocenters. The SMILES string of the molecule is CCC(CO)(CCCN(C)c1cccc(C)c1)NC(C)C. The fraction of sp³-hybridized carbons (Fsp3) is 0.667. The van der Waals surface area contributed by atoms with Crippen molar-refractivity contribution in [2.24, 2.45) is 0 Å². The van der Waals surface area contributed by atoms with Gasteiger partial charge in [-0.25, -0.2) is 0 Å². The van der Waals surface area contributed by atoms with Crippen molar-refractivity contribution in [3.8, 4) is 0 Å². The van der Waals surface area contributed by atoms with Gasteiger partial charge in [-0.3, -0.25) is 0 Å². The molecule has 0 aliphatic rings. The Kier molecular flexibility index (Phi) is 7.20. The number of nitrogens with zero attached hydrogens (tertiary/aromatic N) is 1. The summed E-state index contributed by atoms with van der Waals surface area (Å²) in [5.74, 6) is 0. The molecule has 1 aromatic carbocycles. The van der Waals surface area contributed by atoms with Gasteiger partial charge in [0.25, 0.3) is 0 Å². The van der Waals surface area contributed by atoms with Crippen LogP contribution in [-0.2, 0) is 0 Å². The van der Waals surface area contributed by atoms with Crippen LogP contribution in [0.25, 0.3) is 0 Å². The number of aryl methyl sites for hydroxylation is 1. The number of anilines is 1. The normalized spacial score (nSPS) is 14.2. The molecule has 120 valence electrons. The van der Waals surface area contributed by atoms with Crippen LogP contribution in [0.4, 0.5) is 5.69 Å². The van der Waals surface area contributed by atoms with E-state index >= 15 is 0 Å². The molecule has 3 nitrogen and oxygen atoms in total. The van der Waals surface area contributed by atoms with Gasteiger partial charge < -0.3 is 15.3 Å². The molecule has 0 saturated heterocycles. The molecule has 0 aliphatic heterocycles. The van der Waals surface area contributed by atoms with Gasteiger partial charge in [-0.2, -0.15) is 0 Å². The Morgan fingerprint density at radius 1 is 1.33 bits per heavy atom. The van der Waals surface area contributed by atoms with Gasteiger partial charge in [0.1, 0.15) is 0 Å². The number of nitrogens with one attached hydrogen (secondary N) is 1. The first-order valence-corrected chi connectivity index (χ1v) is 8.09. The largest absolute Gasteiger partial charge is 0.394 e. The van der Waals surface area contributed by atoms with Crippen molar-refractivity contribution >= 4 is 5.69 Å². The molecule has 3 heteroatoms. The number of aliphatic hydroxyl groups excluding tert-OH is 1. The minimum absolute atomic E-state index is 0.137. The van der Waals surface area contributed by atoms with Crippen molar-refractivity contribution in [1.29, 1.82) is 0 Å². The first kappa shape index (κ1) is 18.0. The predicted octanol–water partition coefficient (Wildman–Crippen LogP) is 3.35. The highest BCUT2D eigenvalue weighted by Gasteiger charge is 2.27. The number of benzene rings is 1. The van der Waals surface area contributed by atoms with E-state index in [1.54, 1.807) is 0 Å². The molecule has 0 heterocycles. The number of hydrogen-bond donors (Lipinski definition) is 2. The van der Waals surface area contributed by atoms with Gasteiger partial charge in [-0.05, 0) is 43.9 Å². The third-order valence-electron chi connectivity index (χ3n) is 4.17. The van der Waals surface area contributed by atoms with Gasteiger partial charge in [0, 0.05) is 30.9 Å². The van der Waals surface area contributed by atoms with E-state index in [0.717, 1.165) is 25.8 Å². The topological polar surface area (TPSA) is 35.5 Å². The summed E-state index contributed by atoms with van der Waals surface area (Å²) < 4.78 is 0. The van der Waals surface area contributed by atoms with Gasteiger partial charge in [-0.15, -0.1) is 0 Å². The van der Waals surface area contributed by atoms with Crippen LogP contribution in [0.1, 0.15) is 45.6 Å². The van der Waals surface area contributed by atoms with E-state index < -0.39 is 0 Å². The molecular formula is C18H32N2O. The number of aliphatic hydroxyl groups is 1. The second-order valence-electron chi connectivity index (χ2n) is 6.46. The molecule has 0 spiro atoms. The van der Waals surface area contributed by atoms with E-state index in [2.05, 4.69) is 69.2 Å². The molecule has 0 radical (unpaired) electrons. The second kappa shape index (κ2) is 8.40. The summed E-state index contributed by atoms with van der Waals surface area (Å²) in [6.45, 7) is 9.76. The van der Waals surface area contributed by atoms with Crippen LogP contribution >= 0.6 is 0 Å².